The van der Waals surface area contributed by atoms with Crippen molar-refractivity contribution in [2.75, 3.05) is 0 Å². The van der Waals surface area contributed by atoms with Crippen LogP contribution in [0.5, 0.6) is 0 Å². The number of hydrogen-bond donors (Lipinski definition) is 2. The predicted molar refractivity (Wildman–Crippen MR) is 83.9 cm³/mol. The fourth-order valence-electron chi connectivity index (χ4n) is 2.96. The summed E-state index contributed by atoms with van der Waals surface area (Å²) >= 11 is 5.98. The molecule has 0 saturated heterocycles. The number of sulfonamides is 1. The van der Waals surface area contributed by atoms with E-state index in [1.54, 1.807) is 13.0 Å². The summed E-state index contributed by atoms with van der Waals surface area (Å²) in [5.41, 5.74) is 0.691. The molecule has 1 saturated carbocycles. The summed E-state index contributed by atoms with van der Waals surface area (Å²) in [6.45, 7) is 3.42. The highest BCUT2D eigenvalue weighted by atomic mass is 35.5. The number of nitrogens with one attached hydrogen (secondary N) is 1. The van der Waals surface area contributed by atoms with Crippen molar-refractivity contribution in [1.82, 2.24) is 4.72 Å². The lowest BCUT2D eigenvalue weighted by atomic mass is 9.84. The van der Waals surface area contributed by atoms with Crippen molar-refractivity contribution in [3.05, 3.63) is 28.3 Å². The van der Waals surface area contributed by atoms with E-state index < -0.39 is 15.6 Å². The predicted octanol–water partition coefficient (Wildman–Crippen LogP) is 3.14. The lowest BCUT2D eigenvalue weighted by molar-refractivity contribution is 0.280. The molecule has 1 aromatic carbocycles. The average molecular weight is 332 g/mol. The Morgan fingerprint density at radius 2 is 1.90 bits per heavy atom. The van der Waals surface area contributed by atoms with Gasteiger partial charge in [0, 0.05) is 10.6 Å². The first-order valence-corrected chi connectivity index (χ1v) is 9.07. The maximum Gasteiger partial charge on any atom is 0.241 e. The van der Waals surface area contributed by atoms with E-state index >= 15 is 0 Å². The maximum absolute atomic E-state index is 12.7. The van der Waals surface area contributed by atoms with Crippen molar-refractivity contribution in [3.63, 3.8) is 0 Å². The van der Waals surface area contributed by atoms with Crippen LogP contribution in [-0.4, -0.2) is 19.1 Å². The molecule has 1 aliphatic carbocycles. The molecular weight excluding hydrogens is 310 g/mol. The molecule has 1 aliphatic rings. The number of benzene rings is 1. The van der Waals surface area contributed by atoms with Gasteiger partial charge in [-0.05, 0) is 49.9 Å². The lowest BCUT2D eigenvalue weighted by Gasteiger charge is -2.34. The molecule has 118 valence electrons. The Balaban J connectivity index is 2.38. The van der Waals surface area contributed by atoms with E-state index in [1.807, 2.05) is 6.92 Å². The molecule has 0 spiro atoms. The molecule has 6 heteroatoms. The second kappa shape index (κ2) is 6.24. The van der Waals surface area contributed by atoms with Crippen LogP contribution >= 0.6 is 11.6 Å². The molecule has 1 fully saturated rings. The summed E-state index contributed by atoms with van der Waals surface area (Å²) in [6.07, 6.45) is 4.92. The van der Waals surface area contributed by atoms with Crippen LogP contribution < -0.4 is 4.72 Å². The van der Waals surface area contributed by atoms with Gasteiger partial charge in [0.2, 0.25) is 10.0 Å². The highest BCUT2D eigenvalue weighted by Crippen LogP contribution is 2.31. The minimum absolute atomic E-state index is 0.158. The second-order valence-corrected chi connectivity index (χ2v) is 8.16. The molecule has 1 aromatic rings. The minimum atomic E-state index is -3.65. The van der Waals surface area contributed by atoms with Crippen molar-refractivity contribution < 1.29 is 13.5 Å². The largest absolute Gasteiger partial charge is 0.392 e. The Hall–Kier alpha value is -0.620. The van der Waals surface area contributed by atoms with Crippen molar-refractivity contribution >= 4 is 21.6 Å². The van der Waals surface area contributed by atoms with Gasteiger partial charge in [0.15, 0.2) is 0 Å². The Morgan fingerprint density at radius 1 is 1.29 bits per heavy atom. The van der Waals surface area contributed by atoms with Crippen LogP contribution in [0.4, 0.5) is 0 Å². The third-order valence-electron chi connectivity index (χ3n) is 4.23. The quantitative estimate of drug-likeness (QED) is 0.890. The molecule has 0 aromatic heterocycles. The molecule has 2 rings (SSSR count). The van der Waals surface area contributed by atoms with E-state index in [-0.39, 0.29) is 11.5 Å². The van der Waals surface area contributed by atoms with E-state index in [9.17, 15) is 13.5 Å². The smallest absolute Gasteiger partial charge is 0.241 e. The van der Waals surface area contributed by atoms with E-state index in [4.69, 9.17) is 11.6 Å². The Morgan fingerprint density at radius 3 is 2.48 bits per heavy atom. The van der Waals surface area contributed by atoms with Crippen molar-refractivity contribution in [1.29, 1.82) is 0 Å². The zero-order valence-corrected chi connectivity index (χ0v) is 14.0. The molecule has 0 radical (unpaired) electrons. The Bertz CT molecular complexity index is 622. The Labute approximate surface area is 131 Å². The van der Waals surface area contributed by atoms with Crippen LogP contribution in [0.3, 0.4) is 0 Å². The van der Waals surface area contributed by atoms with Crippen molar-refractivity contribution in [2.24, 2.45) is 0 Å². The number of aliphatic hydroxyl groups is 1. The maximum atomic E-state index is 12.7. The van der Waals surface area contributed by atoms with Gasteiger partial charge in [-0.25, -0.2) is 13.1 Å². The first-order valence-electron chi connectivity index (χ1n) is 7.21. The van der Waals surface area contributed by atoms with Crippen LogP contribution in [0, 0.1) is 6.92 Å². The van der Waals surface area contributed by atoms with Crippen LogP contribution in [0.25, 0.3) is 0 Å². The number of halogens is 1. The fourth-order valence-corrected chi connectivity index (χ4v) is 5.05. The van der Waals surface area contributed by atoms with E-state index in [0.717, 1.165) is 32.1 Å². The molecule has 0 unspecified atom stereocenters. The van der Waals surface area contributed by atoms with E-state index in [1.165, 1.54) is 6.07 Å². The first-order chi connectivity index (χ1) is 9.77. The first kappa shape index (κ1) is 16.7. The standard InChI is InChI=1S/C15H22ClNO3S/c1-11-12(10-18)8-13(16)9-14(11)21(19,20)17-15(2)6-4-3-5-7-15/h8-9,17-18H,3-7,10H2,1-2H3. The van der Waals surface area contributed by atoms with Gasteiger partial charge < -0.3 is 5.11 Å². The lowest BCUT2D eigenvalue weighted by Crippen LogP contribution is -2.47. The number of aliphatic hydroxyl groups excluding tert-OH is 1. The molecule has 0 atom stereocenters. The zero-order chi connectivity index (χ0) is 15.7. The van der Waals surface area contributed by atoms with E-state index in [0.29, 0.717) is 16.1 Å². The molecule has 0 aliphatic heterocycles. The number of rotatable bonds is 4. The SMILES string of the molecule is Cc1c(CO)cc(Cl)cc1S(=O)(=O)NC1(C)CCCCC1. The molecular formula is C15H22ClNO3S. The van der Waals surface area contributed by atoms with Crippen LogP contribution in [0.2, 0.25) is 5.02 Å². The zero-order valence-electron chi connectivity index (χ0n) is 12.4. The highest BCUT2D eigenvalue weighted by Gasteiger charge is 2.33. The molecule has 0 bridgehead atoms. The fraction of sp³-hybridized carbons (Fsp3) is 0.600. The normalized spacial score (nSPS) is 18.7. The van der Waals surface area contributed by atoms with Crippen molar-refractivity contribution in [3.8, 4) is 0 Å². The van der Waals surface area contributed by atoms with Gasteiger partial charge in [0.1, 0.15) is 0 Å². The summed E-state index contributed by atoms with van der Waals surface area (Å²) in [6, 6.07) is 3.04. The molecule has 0 heterocycles. The van der Waals surface area contributed by atoms with Crippen molar-refractivity contribution in [2.45, 2.75) is 63.0 Å². The van der Waals surface area contributed by atoms with Gasteiger partial charge in [-0.2, -0.15) is 0 Å². The molecule has 0 amide bonds. The second-order valence-electron chi connectivity index (χ2n) is 6.07. The molecule has 4 nitrogen and oxygen atoms in total. The van der Waals surface area contributed by atoms with E-state index in [2.05, 4.69) is 4.72 Å². The van der Waals surface area contributed by atoms with Crippen LogP contribution in [0.1, 0.15) is 50.2 Å². The van der Waals surface area contributed by atoms with Crippen LogP contribution in [0.15, 0.2) is 17.0 Å². The van der Waals surface area contributed by atoms with Gasteiger partial charge in [0.25, 0.3) is 0 Å². The average Bonchev–Trinajstić information content (AvgIpc) is 2.40. The topological polar surface area (TPSA) is 66.4 Å². The van der Waals surface area contributed by atoms with Gasteiger partial charge in [-0.3, -0.25) is 0 Å². The highest BCUT2D eigenvalue weighted by molar-refractivity contribution is 7.89. The third-order valence-corrected chi connectivity index (χ3v) is 6.21. The summed E-state index contributed by atoms with van der Waals surface area (Å²) in [5, 5.41) is 9.65. The molecule has 2 N–H and O–H groups in total. The van der Waals surface area contributed by atoms with Gasteiger partial charge in [0.05, 0.1) is 11.5 Å². The number of hydrogen-bond acceptors (Lipinski definition) is 3. The monoisotopic (exact) mass is 331 g/mol. The van der Waals surface area contributed by atoms with Gasteiger partial charge in [-0.15, -0.1) is 0 Å². The summed E-state index contributed by atoms with van der Waals surface area (Å²) in [5.74, 6) is 0. The third kappa shape index (κ3) is 3.77. The van der Waals surface area contributed by atoms with Gasteiger partial charge >= 0.3 is 0 Å². The van der Waals surface area contributed by atoms with Gasteiger partial charge in [-0.1, -0.05) is 30.9 Å². The summed E-state index contributed by atoms with van der Waals surface area (Å²) in [4.78, 5) is 0.158. The minimum Gasteiger partial charge on any atom is -0.392 e. The summed E-state index contributed by atoms with van der Waals surface area (Å²) < 4.78 is 28.2. The molecule has 21 heavy (non-hydrogen) atoms. The Kier molecular flexibility index (Phi) is 4.98. The van der Waals surface area contributed by atoms with Crippen LogP contribution in [-0.2, 0) is 16.6 Å². The summed E-state index contributed by atoms with van der Waals surface area (Å²) in [7, 11) is -3.65.